The van der Waals surface area contributed by atoms with Crippen molar-refractivity contribution < 1.29 is 13.2 Å². The topological polar surface area (TPSA) is 57.7 Å². The van der Waals surface area contributed by atoms with Gasteiger partial charge in [-0.3, -0.25) is 4.79 Å². The number of carbonyl (C=O) groups excluding carboxylic acids is 1. The molecule has 1 aliphatic heterocycles. The van der Waals surface area contributed by atoms with Crippen LogP contribution in [-0.2, 0) is 10.0 Å². The molecule has 1 amide bonds. The van der Waals surface area contributed by atoms with E-state index in [0.29, 0.717) is 36.2 Å². The van der Waals surface area contributed by atoms with Crippen molar-refractivity contribution >= 4 is 31.9 Å². The Hall–Kier alpha value is -0.920. The fourth-order valence-electron chi connectivity index (χ4n) is 2.59. The highest BCUT2D eigenvalue weighted by Crippen LogP contribution is 2.26. The van der Waals surface area contributed by atoms with Crippen molar-refractivity contribution in [2.24, 2.45) is 0 Å². The summed E-state index contributed by atoms with van der Waals surface area (Å²) >= 11 is 3.35. The molecular weight excluding hydrogens is 368 g/mol. The molecule has 1 heterocycles. The molecule has 0 saturated carbocycles. The van der Waals surface area contributed by atoms with Gasteiger partial charge in [0.1, 0.15) is 0 Å². The molecule has 2 rings (SSSR count). The van der Waals surface area contributed by atoms with Crippen LogP contribution in [0.1, 0.15) is 37.0 Å². The van der Waals surface area contributed by atoms with Crippen LogP contribution in [0.25, 0.3) is 0 Å². The van der Waals surface area contributed by atoms with Crippen molar-refractivity contribution in [3.05, 3.63) is 28.2 Å². The molecule has 0 bridgehead atoms. The molecule has 1 fully saturated rings. The quantitative estimate of drug-likeness (QED) is 0.778. The molecule has 5 nitrogen and oxygen atoms in total. The maximum atomic E-state index is 12.6. The average molecular weight is 389 g/mol. The lowest BCUT2D eigenvalue weighted by atomic mass is 10.2. The van der Waals surface area contributed by atoms with Gasteiger partial charge in [-0.2, -0.15) is 4.31 Å². The van der Waals surface area contributed by atoms with Crippen LogP contribution in [0.15, 0.2) is 27.6 Å². The Morgan fingerprint density at radius 3 is 2.36 bits per heavy atom. The molecule has 0 aliphatic carbocycles. The molecular formula is C15H21BrN2O3S. The van der Waals surface area contributed by atoms with Crippen LogP contribution in [0.5, 0.6) is 0 Å². The molecule has 0 N–H and O–H groups in total. The molecule has 0 radical (unpaired) electrons. The fourth-order valence-corrected chi connectivity index (χ4v) is 4.55. The van der Waals surface area contributed by atoms with Crippen molar-refractivity contribution in [3.8, 4) is 0 Å². The van der Waals surface area contributed by atoms with Crippen molar-refractivity contribution in [1.29, 1.82) is 0 Å². The maximum Gasteiger partial charge on any atom is 0.255 e. The van der Waals surface area contributed by atoms with Gasteiger partial charge in [-0.05, 0) is 60.8 Å². The summed E-state index contributed by atoms with van der Waals surface area (Å²) in [6.45, 7) is 6.09. The minimum Gasteiger partial charge on any atom is -0.339 e. The summed E-state index contributed by atoms with van der Waals surface area (Å²) in [6.07, 6.45) is 1.78. The summed E-state index contributed by atoms with van der Waals surface area (Å²) < 4.78 is 27.3. The van der Waals surface area contributed by atoms with Crippen LogP contribution in [-0.4, -0.2) is 49.7 Å². The van der Waals surface area contributed by atoms with Crippen LogP contribution in [0, 0.1) is 0 Å². The van der Waals surface area contributed by atoms with Crippen molar-refractivity contribution in [3.63, 3.8) is 0 Å². The number of rotatable bonds is 5. The Bertz CT molecular complexity index is 651. The number of sulfonamides is 1. The molecule has 7 heteroatoms. The Labute approximate surface area is 140 Å². The smallest absolute Gasteiger partial charge is 0.255 e. The molecule has 22 heavy (non-hydrogen) atoms. The number of hydrogen-bond donors (Lipinski definition) is 0. The third-order valence-electron chi connectivity index (χ3n) is 3.92. The van der Waals surface area contributed by atoms with E-state index in [2.05, 4.69) is 15.9 Å². The zero-order valence-corrected chi connectivity index (χ0v) is 15.3. The summed E-state index contributed by atoms with van der Waals surface area (Å²) in [4.78, 5) is 14.4. The number of amides is 1. The second kappa shape index (κ2) is 7.10. The lowest BCUT2D eigenvalue weighted by Gasteiger charge is -2.21. The molecule has 0 atom stereocenters. The highest BCUT2D eigenvalue weighted by atomic mass is 79.9. The maximum absolute atomic E-state index is 12.6. The van der Waals surface area contributed by atoms with Crippen LogP contribution < -0.4 is 0 Å². The number of hydrogen-bond acceptors (Lipinski definition) is 3. The summed E-state index contributed by atoms with van der Waals surface area (Å²) in [6, 6.07) is 4.68. The van der Waals surface area contributed by atoms with Crippen LogP contribution in [0.4, 0.5) is 0 Å². The van der Waals surface area contributed by atoms with E-state index in [0.717, 1.165) is 12.8 Å². The van der Waals surface area contributed by atoms with Gasteiger partial charge in [0.25, 0.3) is 5.91 Å². The predicted molar refractivity (Wildman–Crippen MR) is 89.4 cm³/mol. The first kappa shape index (κ1) is 17.4. The summed E-state index contributed by atoms with van der Waals surface area (Å²) in [7, 11) is -3.51. The van der Waals surface area contributed by atoms with Gasteiger partial charge in [0.05, 0.1) is 10.5 Å². The summed E-state index contributed by atoms with van der Waals surface area (Å²) in [5, 5.41) is 0. The van der Waals surface area contributed by atoms with E-state index in [9.17, 15) is 13.2 Å². The molecule has 1 aliphatic rings. The monoisotopic (exact) mass is 388 g/mol. The third-order valence-corrected chi connectivity index (χ3v) is 6.51. The zero-order valence-electron chi connectivity index (χ0n) is 12.9. The molecule has 1 aromatic rings. The zero-order chi connectivity index (χ0) is 16.3. The first-order valence-electron chi connectivity index (χ1n) is 7.50. The first-order chi connectivity index (χ1) is 10.4. The number of benzene rings is 1. The van der Waals surface area contributed by atoms with Crippen LogP contribution >= 0.6 is 15.9 Å². The summed E-state index contributed by atoms with van der Waals surface area (Å²) in [5.41, 5.74) is 0.393. The fraction of sp³-hybridized carbons (Fsp3) is 0.533. The van der Waals surface area contributed by atoms with Gasteiger partial charge >= 0.3 is 0 Å². The lowest BCUT2D eigenvalue weighted by Crippen LogP contribution is -2.31. The minimum atomic E-state index is -3.51. The molecule has 1 aromatic carbocycles. The van der Waals surface area contributed by atoms with Gasteiger partial charge in [0.2, 0.25) is 10.0 Å². The number of halogens is 1. The van der Waals surface area contributed by atoms with Crippen molar-refractivity contribution in [2.45, 2.75) is 31.6 Å². The van der Waals surface area contributed by atoms with E-state index in [1.807, 2.05) is 13.8 Å². The second-order valence-corrected chi connectivity index (χ2v) is 8.02. The third kappa shape index (κ3) is 3.36. The molecule has 1 saturated heterocycles. The standard InChI is InChI=1S/C15H21BrN2O3S/c1-3-17(4-2)15(19)13-11-12(7-8-14(13)16)22(20,21)18-9-5-6-10-18/h7-8,11H,3-6,9-10H2,1-2H3. The highest BCUT2D eigenvalue weighted by Gasteiger charge is 2.28. The van der Waals surface area contributed by atoms with E-state index in [1.165, 1.54) is 10.4 Å². The largest absolute Gasteiger partial charge is 0.339 e. The van der Waals surface area contributed by atoms with E-state index >= 15 is 0 Å². The second-order valence-electron chi connectivity index (χ2n) is 5.23. The van der Waals surface area contributed by atoms with E-state index in [-0.39, 0.29) is 10.8 Å². The Morgan fingerprint density at radius 2 is 1.82 bits per heavy atom. The number of carbonyl (C=O) groups is 1. The van der Waals surface area contributed by atoms with Gasteiger partial charge in [-0.25, -0.2) is 8.42 Å². The minimum absolute atomic E-state index is 0.157. The molecule has 0 unspecified atom stereocenters. The molecule has 0 aromatic heterocycles. The van der Waals surface area contributed by atoms with Crippen molar-refractivity contribution in [2.75, 3.05) is 26.2 Å². The Kier molecular flexibility index (Phi) is 5.63. The van der Waals surface area contributed by atoms with E-state index in [4.69, 9.17) is 0 Å². The van der Waals surface area contributed by atoms with Gasteiger partial charge < -0.3 is 4.90 Å². The Morgan fingerprint density at radius 1 is 1.23 bits per heavy atom. The highest BCUT2D eigenvalue weighted by molar-refractivity contribution is 9.10. The van der Waals surface area contributed by atoms with Gasteiger partial charge in [0, 0.05) is 30.7 Å². The van der Waals surface area contributed by atoms with E-state index < -0.39 is 10.0 Å². The van der Waals surface area contributed by atoms with Crippen LogP contribution in [0.3, 0.4) is 0 Å². The number of nitrogens with zero attached hydrogens (tertiary/aromatic N) is 2. The van der Waals surface area contributed by atoms with Gasteiger partial charge in [-0.1, -0.05) is 0 Å². The lowest BCUT2D eigenvalue weighted by molar-refractivity contribution is 0.0772. The van der Waals surface area contributed by atoms with Crippen LogP contribution in [0.2, 0.25) is 0 Å². The van der Waals surface area contributed by atoms with Crippen molar-refractivity contribution in [1.82, 2.24) is 9.21 Å². The van der Waals surface area contributed by atoms with Gasteiger partial charge in [0.15, 0.2) is 0 Å². The SMILES string of the molecule is CCN(CC)C(=O)c1cc(S(=O)(=O)N2CCCC2)ccc1Br. The molecule has 0 spiro atoms. The van der Waals surface area contributed by atoms with Gasteiger partial charge in [-0.15, -0.1) is 0 Å². The Balaban J connectivity index is 2.40. The van der Waals surface area contributed by atoms with E-state index in [1.54, 1.807) is 17.0 Å². The average Bonchev–Trinajstić information content (AvgIpc) is 3.03. The predicted octanol–water partition coefficient (Wildman–Crippen LogP) is 2.72. The summed E-state index contributed by atoms with van der Waals surface area (Å²) in [5.74, 6) is -0.157. The first-order valence-corrected chi connectivity index (χ1v) is 9.74. The normalized spacial score (nSPS) is 16.0. The molecule has 122 valence electrons.